The third kappa shape index (κ3) is 5.18. The number of alkyl halides is 3. The predicted molar refractivity (Wildman–Crippen MR) is 44.2 cm³/mol. The van der Waals surface area contributed by atoms with E-state index in [9.17, 15) is 23.4 Å². The zero-order valence-electron chi connectivity index (χ0n) is 8.94. The van der Waals surface area contributed by atoms with Crippen LogP contribution in [0.4, 0.5) is 13.2 Å². The van der Waals surface area contributed by atoms with Crippen molar-refractivity contribution in [2.75, 3.05) is 0 Å². The summed E-state index contributed by atoms with van der Waals surface area (Å²) < 4.78 is 36.2. The summed E-state index contributed by atoms with van der Waals surface area (Å²) in [7, 11) is 0. The van der Waals surface area contributed by atoms with Crippen LogP contribution in [0.2, 0.25) is 10.0 Å². The Kier molecular flexibility index (Phi) is 8.98. The van der Waals surface area contributed by atoms with Crippen LogP contribution < -0.4 is 69.3 Å². The first-order valence-corrected chi connectivity index (χ1v) is 4.34. The van der Waals surface area contributed by atoms with E-state index in [1.165, 1.54) is 0 Å². The zero-order chi connectivity index (χ0) is 11.9. The molecule has 84 valence electrons. The summed E-state index contributed by atoms with van der Waals surface area (Å²) in [6.07, 6.45) is -5.44. The predicted octanol–water partition coefficient (Wildman–Crippen LogP) is -4.56. The molecule has 1 aromatic carbocycles. The smallest absolute Gasteiger partial charge is 0.853 e. The van der Waals surface area contributed by atoms with E-state index >= 15 is 0 Å². The van der Waals surface area contributed by atoms with Gasteiger partial charge in [0.2, 0.25) is 0 Å². The summed E-state index contributed by atoms with van der Waals surface area (Å²) in [4.78, 5) is 0. The zero-order valence-corrected chi connectivity index (χ0v) is 14.5. The molecule has 0 fully saturated rings. The molecule has 9 heteroatoms. The third-order valence-electron chi connectivity index (χ3n) is 1.62. The Bertz CT molecular complexity index is 365. The topological polar surface area (TPSA) is 46.1 Å². The van der Waals surface area contributed by atoms with E-state index in [1.807, 2.05) is 0 Å². The average Bonchev–Trinajstić information content (AvgIpc) is 1.99. The van der Waals surface area contributed by atoms with Gasteiger partial charge in [-0.3, -0.25) is 0 Å². The Morgan fingerprint density at radius 3 is 1.53 bits per heavy atom. The summed E-state index contributed by atoms with van der Waals surface area (Å²) >= 11 is 10.8. The van der Waals surface area contributed by atoms with E-state index < -0.39 is 17.5 Å². The van der Waals surface area contributed by atoms with Crippen molar-refractivity contribution >= 4 is 23.2 Å². The van der Waals surface area contributed by atoms with Crippen molar-refractivity contribution in [2.24, 2.45) is 0 Å². The number of halogens is 5. The van der Waals surface area contributed by atoms with Gasteiger partial charge in [0, 0.05) is 10.0 Å². The molecule has 0 heterocycles. The van der Waals surface area contributed by atoms with Crippen molar-refractivity contribution in [2.45, 2.75) is 12.0 Å². The first-order valence-electron chi connectivity index (χ1n) is 3.59. The number of hydrogen-bond donors (Lipinski definition) is 0. The number of hydrogen-bond acceptors (Lipinski definition) is 2. The molecule has 0 saturated carbocycles. The van der Waals surface area contributed by atoms with Crippen LogP contribution in [-0.4, -0.2) is 6.18 Å². The van der Waals surface area contributed by atoms with Gasteiger partial charge in [0.05, 0.1) is 0 Å². The van der Waals surface area contributed by atoms with Gasteiger partial charge in [-0.05, 0) is 18.2 Å². The van der Waals surface area contributed by atoms with Gasteiger partial charge < -0.3 is 10.2 Å². The van der Waals surface area contributed by atoms with Gasteiger partial charge in [0.1, 0.15) is 0 Å². The summed E-state index contributed by atoms with van der Waals surface area (Å²) in [5.41, 5.74) is -1.05. The fourth-order valence-corrected chi connectivity index (χ4v) is 1.43. The fraction of sp³-hybridized carbons (Fsp3) is 0.250. The normalized spacial score (nSPS) is 11.5. The van der Waals surface area contributed by atoms with E-state index in [0.717, 1.165) is 6.07 Å². The Morgan fingerprint density at radius 2 is 1.24 bits per heavy atom. The Morgan fingerprint density at radius 1 is 0.882 bits per heavy atom. The Labute approximate surface area is 150 Å². The molecule has 0 aliphatic heterocycles. The quantitative estimate of drug-likeness (QED) is 0.387. The Hall–Kier alpha value is 1.51. The minimum absolute atomic E-state index is 0. The molecule has 1 aromatic rings. The van der Waals surface area contributed by atoms with Gasteiger partial charge in [-0.2, -0.15) is 13.2 Å². The van der Waals surface area contributed by atoms with E-state index in [-0.39, 0.29) is 69.2 Å². The van der Waals surface area contributed by atoms with Crippen molar-refractivity contribution in [3.8, 4) is 0 Å². The van der Waals surface area contributed by atoms with Crippen molar-refractivity contribution in [3.05, 3.63) is 33.8 Å². The summed E-state index contributed by atoms with van der Waals surface area (Å²) in [6.45, 7) is 0. The minimum atomic E-state index is -5.44. The molecule has 0 radical (unpaired) electrons. The molecule has 0 spiro atoms. The molecule has 0 N–H and O–H groups in total. The van der Waals surface area contributed by atoms with Crippen LogP contribution in [-0.2, 0) is 5.79 Å². The molecule has 1 rings (SSSR count). The molecule has 0 aliphatic carbocycles. The molecule has 0 amide bonds. The number of benzene rings is 1. The van der Waals surface area contributed by atoms with E-state index in [0.29, 0.717) is 12.1 Å². The van der Waals surface area contributed by atoms with Crippen LogP contribution in [0.25, 0.3) is 0 Å². The van der Waals surface area contributed by atoms with Crippen molar-refractivity contribution < 1.29 is 82.5 Å². The van der Waals surface area contributed by atoms with Crippen LogP contribution in [0.15, 0.2) is 18.2 Å². The van der Waals surface area contributed by atoms with Gasteiger partial charge >= 0.3 is 65.3 Å². The maximum atomic E-state index is 12.1. The summed E-state index contributed by atoms with van der Waals surface area (Å²) in [5, 5.41) is 21.3. The molecule has 0 unspecified atom stereocenters. The van der Waals surface area contributed by atoms with Crippen LogP contribution in [0, 0.1) is 0 Å². The second-order valence-electron chi connectivity index (χ2n) is 2.77. The van der Waals surface area contributed by atoms with Crippen LogP contribution in [0.3, 0.4) is 0 Å². The molecule has 0 bridgehead atoms. The van der Waals surface area contributed by atoms with Crippen LogP contribution >= 0.6 is 23.2 Å². The first-order chi connectivity index (χ1) is 6.64. The first kappa shape index (κ1) is 20.8. The molecule has 2 nitrogen and oxygen atoms in total. The fourth-order valence-electron chi connectivity index (χ4n) is 0.908. The van der Waals surface area contributed by atoms with Gasteiger partial charge in [0.25, 0.3) is 0 Å². The SMILES string of the molecule is [Na+].[Na+].[O-]C([O-])(c1cc(Cl)cc(Cl)c1)C(F)(F)F. The average molecular weight is 305 g/mol. The molecule has 0 aromatic heterocycles. The number of rotatable bonds is 1. The second-order valence-corrected chi connectivity index (χ2v) is 3.65. The molecular weight excluding hydrogens is 302 g/mol. The molecule has 0 atom stereocenters. The van der Waals surface area contributed by atoms with Crippen LogP contribution in [0.5, 0.6) is 0 Å². The third-order valence-corrected chi connectivity index (χ3v) is 2.05. The van der Waals surface area contributed by atoms with Gasteiger partial charge in [-0.25, -0.2) is 0 Å². The molecule has 17 heavy (non-hydrogen) atoms. The van der Waals surface area contributed by atoms with Crippen LogP contribution in [0.1, 0.15) is 5.56 Å². The van der Waals surface area contributed by atoms with Gasteiger partial charge in [-0.1, -0.05) is 34.6 Å². The van der Waals surface area contributed by atoms with E-state index in [4.69, 9.17) is 23.2 Å². The Balaban J connectivity index is 0. The monoisotopic (exact) mass is 304 g/mol. The minimum Gasteiger partial charge on any atom is -0.853 e. The van der Waals surface area contributed by atoms with Gasteiger partial charge in [-0.15, -0.1) is 0 Å². The maximum Gasteiger partial charge on any atom is 1.00 e. The van der Waals surface area contributed by atoms with Gasteiger partial charge in [0.15, 0.2) is 0 Å². The van der Waals surface area contributed by atoms with Crippen molar-refractivity contribution in [3.63, 3.8) is 0 Å². The molecule has 0 saturated heterocycles. The second kappa shape index (κ2) is 7.33. The largest absolute Gasteiger partial charge is 1.00 e. The standard InChI is InChI=1S/C8H3Cl2F3O2.2Na/c9-5-1-4(2-6(10)3-5)7(14,15)8(11,12)13;;/h1-3H;;/q-2;2*+1. The maximum absolute atomic E-state index is 12.1. The summed E-state index contributed by atoms with van der Waals surface area (Å²) in [6, 6.07) is 2.43. The molecular formula is C8H3Cl2F3Na2O2. The van der Waals surface area contributed by atoms with E-state index in [1.54, 1.807) is 0 Å². The van der Waals surface area contributed by atoms with E-state index in [2.05, 4.69) is 0 Å². The van der Waals surface area contributed by atoms with Crippen molar-refractivity contribution in [1.82, 2.24) is 0 Å². The molecule has 0 aliphatic rings. The van der Waals surface area contributed by atoms with Crippen molar-refractivity contribution in [1.29, 1.82) is 0 Å². The summed E-state index contributed by atoms with van der Waals surface area (Å²) in [5.74, 6) is -4.46.